The van der Waals surface area contributed by atoms with Crippen LogP contribution in [-0.4, -0.2) is 55.8 Å². The first-order chi connectivity index (χ1) is 12.6. The lowest BCUT2D eigenvalue weighted by Gasteiger charge is -2.24. The van der Waals surface area contributed by atoms with Crippen molar-refractivity contribution in [3.63, 3.8) is 0 Å². The van der Waals surface area contributed by atoms with E-state index in [-0.39, 0.29) is 19.6 Å². The summed E-state index contributed by atoms with van der Waals surface area (Å²) in [6.45, 7) is 3.13. The van der Waals surface area contributed by atoms with Gasteiger partial charge in [0.15, 0.2) is 14.6 Å². The van der Waals surface area contributed by atoms with Gasteiger partial charge in [0.05, 0.1) is 6.54 Å². The highest BCUT2D eigenvalue weighted by atomic mass is 32.2. The molecule has 2 rings (SSSR count). The number of cyclic esters (lactones) is 1. The van der Waals surface area contributed by atoms with Gasteiger partial charge in [0.2, 0.25) is 0 Å². The third kappa shape index (κ3) is 4.52. The van der Waals surface area contributed by atoms with Crippen molar-refractivity contribution in [1.82, 2.24) is 0 Å². The minimum atomic E-state index is -3.90. The van der Waals surface area contributed by atoms with Crippen LogP contribution in [0.5, 0.6) is 5.75 Å². The molecule has 1 aliphatic rings. The van der Waals surface area contributed by atoms with Crippen LogP contribution in [-0.2, 0) is 19.4 Å². The monoisotopic (exact) mass is 395 g/mol. The number of sulfone groups is 1. The second-order valence-electron chi connectivity index (χ2n) is 6.34. The first kappa shape index (κ1) is 20.6. The molecule has 1 heterocycles. The number of carbonyl (C=O) groups excluding carboxylic acids is 1. The lowest BCUT2D eigenvalue weighted by Crippen LogP contribution is -2.46. The van der Waals surface area contributed by atoms with E-state index in [1.165, 1.54) is 4.90 Å². The Morgan fingerprint density at radius 1 is 1.41 bits per heavy atom. The molecular weight excluding hydrogens is 374 g/mol. The molecule has 2 atom stereocenters. The van der Waals surface area contributed by atoms with Gasteiger partial charge in [-0.3, -0.25) is 9.69 Å². The first-order valence-corrected chi connectivity index (χ1v) is 10.0. The quantitative estimate of drug-likeness (QED) is 0.700. The van der Waals surface area contributed by atoms with Crippen molar-refractivity contribution >= 4 is 27.6 Å². The highest BCUT2D eigenvalue weighted by molar-refractivity contribution is 7.92. The zero-order valence-electron chi connectivity index (χ0n) is 15.3. The van der Waals surface area contributed by atoms with E-state index in [9.17, 15) is 23.1 Å². The zero-order chi connectivity index (χ0) is 20.2. The summed E-state index contributed by atoms with van der Waals surface area (Å²) in [5.41, 5.74) is 0.535. The number of carboxylic acid groups (broad SMARTS) is 1. The summed E-state index contributed by atoms with van der Waals surface area (Å²) in [6.07, 6.45) is -0.992. The minimum Gasteiger partial charge on any atom is -0.481 e. The van der Waals surface area contributed by atoms with Gasteiger partial charge in [-0.1, -0.05) is 5.92 Å². The van der Waals surface area contributed by atoms with Crippen molar-refractivity contribution in [3.8, 4) is 17.6 Å². The van der Waals surface area contributed by atoms with Crippen molar-refractivity contribution in [2.75, 3.05) is 24.3 Å². The lowest BCUT2D eigenvalue weighted by molar-refractivity contribution is -0.140. The number of rotatable bonds is 7. The molecule has 8 nitrogen and oxygen atoms in total. The molecule has 0 saturated carbocycles. The number of carboxylic acids is 1. The molecule has 1 aromatic rings. The number of amides is 1. The van der Waals surface area contributed by atoms with Crippen LogP contribution >= 0.6 is 0 Å². The molecule has 1 amide bonds. The molecule has 0 radical (unpaired) electrons. The lowest BCUT2D eigenvalue weighted by atomic mass is 10.0. The van der Waals surface area contributed by atoms with Crippen LogP contribution in [0.1, 0.15) is 20.3 Å². The molecule has 1 fully saturated rings. The Labute approximate surface area is 158 Å². The van der Waals surface area contributed by atoms with Crippen LogP contribution in [0.2, 0.25) is 0 Å². The smallest absolute Gasteiger partial charge is 0.414 e. The minimum absolute atomic E-state index is 0.0543. The van der Waals surface area contributed by atoms with Crippen LogP contribution < -0.4 is 9.64 Å². The number of aliphatic carboxylic acids is 1. The molecule has 0 spiro atoms. The van der Waals surface area contributed by atoms with Gasteiger partial charge in [-0.2, -0.15) is 0 Å². The summed E-state index contributed by atoms with van der Waals surface area (Å²) in [6, 6.07) is 6.66. The van der Waals surface area contributed by atoms with E-state index in [2.05, 4.69) is 11.8 Å². The van der Waals surface area contributed by atoms with Crippen molar-refractivity contribution < 1.29 is 32.6 Å². The summed E-state index contributed by atoms with van der Waals surface area (Å²) in [7, 11) is -3.90. The number of hydrogen-bond acceptors (Lipinski definition) is 6. The normalized spacial score (nSPS) is 18.9. The number of anilines is 1. The van der Waals surface area contributed by atoms with Gasteiger partial charge in [0.25, 0.3) is 0 Å². The Kier molecular flexibility index (Phi) is 6.01. The van der Waals surface area contributed by atoms with E-state index in [4.69, 9.17) is 9.47 Å². The maximum absolute atomic E-state index is 12.1. The van der Waals surface area contributed by atoms with Crippen LogP contribution in [0.15, 0.2) is 24.3 Å². The maximum atomic E-state index is 12.1. The predicted molar refractivity (Wildman–Crippen MR) is 98.5 cm³/mol. The highest BCUT2D eigenvalue weighted by Gasteiger charge is 2.48. The summed E-state index contributed by atoms with van der Waals surface area (Å²) >= 11 is 0. The molecular formula is C18H21NO7S. The summed E-state index contributed by atoms with van der Waals surface area (Å²) in [5, 5.41) is 9.34. The van der Waals surface area contributed by atoms with Crippen molar-refractivity contribution in [2.24, 2.45) is 0 Å². The van der Waals surface area contributed by atoms with E-state index in [1.807, 2.05) is 0 Å². The van der Waals surface area contributed by atoms with Crippen molar-refractivity contribution in [1.29, 1.82) is 0 Å². The number of ether oxygens (including phenoxy) is 2. The van der Waals surface area contributed by atoms with E-state index < -0.39 is 32.8 Å². The fourth-order valence-electron chi connectivity index (χ4n) is 2.58. The van der Waals surface area contributed by atoms with Gasteiger partial charge in [0.1, 0.15) is 18.5 Å². The summed E-state index contributed by atoms with van der Waals surface area (Å²) in [5.74, 6) is 4.59. The van der Waals surface area contributed by atoms with Crippen LogP contribution in [0, 0.1) is 11.8 Å². The Bertz CT molecular complexity index is 883. The molecule has 0 aliphatic carbocycles. The third-order valence-corrected chi connectivity index (χ3v) is 6.38. The van der Waals surface area contributed by atoms with Gasteiger partial charge in [-0.25, -0.2) is 13.2 Å². The van der Waals surface area contributed by atoms with Gasteiger partial charge >= 0.3 is 12.1 Å². The standard InChI is InChI=1S/C18H21NO7S/c1-4-5-10-25-14-8-6-13(7-9-14)19-12-15(26-17(19)22)11-18(2,16(20)21)27(3,23)24/h6-9,15H,10-12H2,1-3H3,(H,20,21). The fraction of sp³-hybridized carbons (Fsp3) is 0.444. The SMILES string of the molecule is CC#CCOc1ccc(N2CC(CC(C)(C(=O)O)S(C)(=O)=O)OC2=O)cc1. The molecule has 0 bridgehead atoms. The second kappa shape index (κ2) is 7.88. The highest BCUT2D eigenvalue weighted by Crippen LogP contribution is 2.30. The molecule has 0 aromatic heterocycles. The second-order valence-corrected chi connectivity index (χ2v) is 8.78. The molecule has 1 saturated heterocycles. The van der Waals surface area contributed by atoms with E-state index in [1.54, 1.807) is 31.2 Å². The van der Waals surface area contributed by atoms with Gasteiger partial charge in [-0.05, 0) is 38.1 Å². The van der Waals surface area contributed by atoms with Gasteiger partial charge < -0.3 is 14.6 Å². The average Bonchev–Trinajstić information content (AvgIpc) is 2.94. The number of carbonyl (C=O) groups is 2. The molecule has 146 valence electrons. The van der Waals surface area contributed by atoms with Crippen molar-refractivity contribution in [2.45, 2.75) is 31.1 Å². The van der Waals surface area contributed by atoms with Gasteiger partial charge in [0, 0.05) is 18.4 Å². The topological polar surface area (TPSA) is 110 Å². The zero-order valence-corrected chi connectivity index (χ0v) is 16.1. The average molecular weight is 395 g/mol. The third-order valence-electron chi connectivity index (χ3n) is 4.40. The maximum Gasteiger partial charge on any atom is 0.414 e. The largest absolute Gasteiger partial charge is 0.481 e. The summed E-state index contributed by atoms with van der Waals surface area (Å²) in [4.78, 5) is 24.9. The Morgan fingerprint density at radius 3 is 2.56 bits per heavy atom. The number of benzene rings is 1. The Hall–Kier alpha value is -2.73. The predicted octanol–water partition coefficient (Wildman–Crippen LogP) is 1.69. The molecule has 2 unspecified atom stereocenters. The summed E-state index contributed by atoms with van der Waals surface area (Å²) < 4.78 is 32.4. The Morgan fingerprint density at radius 2 is 2.04 bits per heavy atom. The van der Waals surface area contributed by atoms with Crippen molar-refractivity contribution in [3.05, 3.63) is 24.3 Å². The van der Waals surface area contributed by atoms with Gasteiger partial charge in [-0.15, -0.1) is 5.92 Å². The first-order valence-electron chi connectivity index (χ1n) is 8.12. The van der Waals surface area contributed by atoms with E-state index in [0.717, 1.165) is 13.2 Å². The molecule has 1 N–H and O–H groups in total. The van der Waals surface area contributed by atoms with Crippen LogP contribution in [0.25, 0.3) is 0 Å². The molecule has 27 heavy (non-hydrogen) atoms. The molecule has 1 aliphatic heterocycles. The van der Waals surface area contributed by atoms with Crippen LogP contribution in [0.3, 0.4) is 0 Å². The fourth-order valence-corrected chi connectivity index (χ4v) is 3.39. The molecule has 1 aromatic carbocycles. The van der Waals surface area contributed by atoms with E-state index >= 15 is 0 Å². The van der Waals surface area contributed by atoms with Crippen LogP contribution in [0.4, 0.5) is 10.5 Å². The number of hydrogen-bond donors (Lipinski definition) is 1. The molecule has 9 heteroatoms. The van der Waals surface area contributed by atoms with E-state index in [0.29, 0.717) is 11.4 Å². The Balaban J connectivity index is 2.10. The number of nitrogens with zero attached hydrogens (tertiary/aromatic N) is 1.